The van der Waals surface area contributed by atoms with Crippen molar-refractivity contribution in [2.45, 2.75) is 25.7 Å². The van der Waals surface area contributed by atoms with Crippen molar-refractivity contribution < 1.29 is 33.5 Å². The highest BCUT2D eigenvalue weighted by atomic mass is 16.7. The zero-order valence-electron chi connectivity index (χ0n) is 14.1. The lowest BCUT2D eigenvalue weighted by molar-refractivity contribution is -0.384. The number of hydrogen-bond donors (Lipinski definition) is 0. The highest BCUT2D eigenvalue weighted by Crippen LogP contribution is 2.40. The fraction of sp³-hybridized carbons (Fsp3) is 0.500. The van der Waals surface area contributed by atoms with Gasteiger partial charge in [-0.1, -0.05) is 6.92 Å². The van der Waals surface area contributed by atoms with E-state index in [0.29, 0.717) is 6.42 Å². The molecule has 0 radical (unpaired) electrons. The van der Waals surface area contributed by atoms with Crippen LogP contribution in [0.1, 0.15) is 23.7 Å². The molecule has 9 heteroatoms. The van der Waals surface area contributed by atoms with Gasteiger partial charge in [0.05, 0.1) is 24.2 Å². The van der Waals surface area contributed by atoms with Crippen molar-refractivity contribution in [3.8, 4) is 0 Å². The van der Waals surface area contributed by atoms with E-state index in [2.05, 4.69) is 0 Å². The van der Waals surface area contributed by atoms with Gasteiger partial charge in [0.2, 0.25) is 0 Å². The van der Waals surface area contributed by atoms with Crippen LogP contribution in [0.2, 0.25) is 0 Å². The molecule has 0 amide bonds. The summed E-state index contributed by atoms with van der Waals surface area (Å²) in [5, 5.41) is 10.7. The molecule has 3 atom stereocenters. The van der Waals surface area contributed by atoms with E-state index in [1.54, 1.807) is 6.92 Å². The Labute approximate surface area is 144 Å². The van der Waals surface area contributed by atoms with Gasteiger partial charge in [-0.25, -0.2) is 4.79 Å². The van der Waals surface area contributed by atoms with Gasteiger partial charge in [-0.2, -0.15) is 0 Å². The summed E-state index contributed by atoms with van der Waals surface area (Å²) in [5.41, 5.74) is -1.21. The third kappa shape index (κ3) is 3.47. The van der Waals surface area contributed by atoms with Crippen LogP contribution < -0.4 is 0 Å². The molecule has 0 aromatic heterocycles. The zero-order chi connectivity index (χ0) is 18.6. The molecule has 0 aliphatic carbocycles. The molecule has 0 unspecified atom stereocenters. The molecule has 0 saturated carbocycles. The third-order valence-electron chi connectivity index (χ3n) is 4.30. The van der Waals surface area contributed by atoms with Gasteiger partial charge in [0.1, 0.15) is 5.41 Å². The number of carbonyl (C=O) groups is 2. The van der Waals surface area contributed by atoms with Crippen molar-refractivity contribution in [1.29, 1.82) is 0 Å². The Kier molecular flexibility index (Phi) is 5.70. The molecular formula is C16H19NO8. The van der Waals surface area contributed by atoms with E-state index in [9.17, 15) is 19.7 Å². The minimum absolute atomic E-state index is 0.00706. The van der Waals surface area contributed by atoms with Crippen LogP contribution in [0.4, 0.5) is 5.69 Å². The Bertz CT molecular complexity index is 659. The number of rotatable bonds is 6. The number of ether oxygens (including phenoxy) is 4. The highest BCUT2D eigenvalue weighted by Gasteiger charge is 2.57. The maximum absolute atomic E-state index is 12.4. The third-order valence-corrected chi connectivity index (χ3v) is 4.30. The first-order valence-corrected chi connectivity index (χ1v) is 7.58. The summed E-state index contributed by atoms with van der Waals surface area (Å²) in [6.45, 7) is 1.75. The Morgan fingerprint density at radius 3 is 2.44 bits per heavy atom. The summed E-state index contributed by atoms with van der Waals surface area (Å²) in [4.78, 5) is 34.8. The highest BCUT2D eigenvalue weighted by molar-refractivity contribution is 5.90. The fourth-order valence-electron chi connectivity index (χ4n) is 2.75. The Hall–Kier alpha value is -2.52. The van der Waals surface area contributed by atoms with Crippen molar-refractivity contribution >= 4 is 17.6 Å². The number of methoxy groups -OCH3 is 2. The first kappa shape index (κ1) is 18.8. The van der Waals surface area contributed by atoms with Gasteiger partial charge in [-0.05, 0) is 18.6 Å². The monoisotopic (exact) mass is 353 g/mol. The van der Waals surface area contributed by atoms with Crippen LogP contribution >= 0.6 is 0 Å². The van der Waals surface area contributed by atoms with Crippen molar-refractivity contribution in [2.24, 2.45) is 5.41 Å². The van der Waals surface area contributed by atoms with Gasteiger partial charge in [-0.15, -0.1) is 0 Å². The zero-order valence-corrected chi connectivity index (χ0v) is 14.1. The molecule has 1 aromatic carbocycles. The Morgan fingerprint density at radius 2 is 1.96 bits per heavy atom. The minimum atomic E-state index is -1.17. The summed E-state index contributed by atoms with van der Waals surface area (Å²) in [6, 6.07) is 4.96. The Morgan fingerprint density at radius 1 is 1.32 bits per heavy atom. The van der Waals surface area contributed by atoms with E-state index in [1.165, 1.54) is 38.5 Å². The summed E-state index contributed by atoms with van der Waals surface area (Å²) < 4.78 is 20.9. The molecule has 0 N–H and O–H groups in total. The number of nitro groups is 1. The van der Waals surface area contributed by atoms with Crippen LogP contribution in [0.5, 0.6) is 0 Å². The van der Waals surface area contributed by atoms with E-state index in [4.69, 9.17) is 18.9 Å². The topological polar surface area (TPSA) is 114 Å². The SMILES string of the molecule is CC[C@@]1(C(=O)OC)CO[C@H](OC)[C@H]1OC(=O)c1ccc([N+](=O)[O-])cc1. The van der Waals surface area contributed by atoms with Crippen LogP contribution in [0.25, 0.3) is 0 Å². The summed E-state index contributed by atoms with van der Waals surface area (Å²) in [7, 11) is 2.62. The van der Waals surface area contributed by atoms with Crippen LogP contribution in [0.3, 0.4) is 0 Å². The largest absolute Gasteiger partial charge is 0.468 e. The second-order valence-corrected chi connectivity index (χ2v) is 5.55. The number of benzene rings is 1. The molecule has 1 aromatic rings. The molecule has 1 fully saturated rings. The van der Waals surface area contributed by atoms with E-state index in [1.807, 2.05) is 0 Å². The average Bonchev–Trinajstić information content (AvgIpc) is 2.99. The van der Waals surface area contributed by atoms with Gasteiger partial charge in [0.15, 0.2) is 12.4 Å². The minimum Gasteiger partial charge on any atom is -0.468 e. The molecule has 9 nitrogen and oxygen atoms in total. The first-order valence-electron chi connectivity index (χ1n) is 7.58. The average molecular weight is 353 g/mol. The lowest BCUT2D eigenvalue weighted by atomic mass is 9.81. The predicted octanol–water partition coefficient (Wildman–Crippen LogP) is 1.69. The van der Waals surface area contributed by atoms with Crippen LogP contribution in [0, 0.1) is 15.5 Å². The van der Waals surface area contributed by atoms with Gasteiger partial charge in [0, 0.05) is 19.2 Å². The molecule has 1 saturated heterocycles. The number of esters is 2. The van der Waals surface area contributed by atoms with Crippen LogP contribution in [0.15, 0.2) is 24.3 Å². The van der Waals surface area contributed by atoms with Crippen molar-refractivity contribution in [3.05, 3.63) is 39.9 Å². The number of carbonyl (C=O) groups excluding carboxylic acids is 2. The van der Waals surface area contributed by atoms with E-state index in [-0.39, 0.29) is 17.9 Å². The number of non-ortho nitro benzene ring substituents is 1. The van der Waals surface area contributed by atoms with Crippen molar-refractivity contribution in [1.82, 2.24) is 0 Å². The standard InChI is InChI=1S/C16H19NO8/c1-4-16(15(19)23-3)9-24-14(22-2)12(16)25-13(18)10-5-7-11(8-6-10)17(20)21/h5-8,12,14H,4,9H2,1-3H3/t12-,14+,16-/m1/s1. The van der Waals surface area contributed by atoms with Crippen molar-refractivity contribution in [3.63, 3.8) is 0 Å². The second kappa shape index (κ2) is 7.58. The first-order chi connectivity index (χ1) is 11.9. The lowest BCUT2D eigenvalue weighted by Crippen LogP contribution is -2.47. The number of nitrogens with zero attached hydrogens (tertiary/aromatic N) is 1. The van der Waals surface area contributed by atoms with E-state index in [0.717, 1.165) is 0 Å². The maximum Gasteiger partial charge on any atom is 0.338 e. The normalized spacial score (nSPS) is 25.4. The molecule has 0 bridgehead atoms. The molecule has 0 spiro atoms. The molecule has 2 rings (SSSR count). The van der Waals surface area contributed by atoms with Gasteiger partial charge in [0.25, 0.3) is 5.69 Å². The smallest absolute Gasteiger partial charge is 0.338 e. The lowest BCUT2D eigenvalue weighted by Gasteiger charge is -2.30. The summed E-state index contributed by atoms with van der Waals surface area (Å²) in [6.07, 6.45) is -1.60. The second-order valence-electron chi connectivity index (χ2n) is 5.55. The van der Waals surface area contributed by atoms with Gasteiger partial charge >= 0.3 is 11.9 Å². The predicted molar refractivity (Wildman–Crippen MR) is 83.8 cm³/mol. The molecule has 1 aliphatic rings. The number of hydrogen-bond acceptors (Lipinski definition) is 8. The summed E-state index contributed by atoms with van der Waals surface area (Å²) >= 11 is 0. The molecular weight excluding hydrogens is 334 g/mol. The molecule has 136 valence electrons. The van der Waals surface area contributed by atoms with Gasteiger partial charge in [-0.3, -0.25) is 14.9 Å². The fourth-order valence-corrected chi connectivity index (χ4v) is 2.75. The van der Waals surface area contributed by atoms with Crippen molar-refractivity contribution in [2.75, 3.05) is 20.8 Å². The van der Waals surface area contributed by atoms with Crippen LogP contribution in [-0.4, -0.2) is 50.1 Å². The molecule has 1 aliphatic heterocycles. The Balaban J connectivity index is 2.25. The summed E-state index contributed by atoms with van der Waals surface area (Å²) in [5.74, 6) is -1.30. The van der Waals surface area contributed by atoms with E-state index >= 15 is 0 Å². The molecule has 25 heavy (non-hydrogen) atoms. The van der Waals surface area contributed by atoms with Crippen LogP contribution in [-0.2, 0) is 23.7 Å². The van der Waals surface area contributed by atoms with E-state index < -0.39 is 34.7 Å². The van der Waals surface area contributed by atoms with Gasteiger partial charge < -0.3 is 18.9 Å². The molecule has 1 heterocycles. The maximum atomic E-state index is 12.4. The number of nitro benzene ring substituents is 1. The quantitative estimate of drug-likeness (QED) is 0.431.